The number of thiazole rings is 1. The van der Waals surface area contributed by atoms with Crippen molar-refractivity contribution in [2.75, 3.05) is 32.6 Å². The van der Waals surface area contributed by atoms with Crippen molar-refractivity contribution in [2.24, 2.45) is 5.92 Å². The number of rotatable bonds is 6. The van der Waals surface area contributed by atoms with Crippen LogP contribution in [-0.4, -0.2) is 32.7 Å². The quantitative estimate of drug-likeness (QED) is 0.861. The van der Waals surface area contributed by atoms with E-state index in [2.05, 4.69) is 10.3 Å². The molecule has 18 heavy (non-hydrogen) atoms. The summed E-state index contributed by atoms with van der Waals surface area (Å²) in [5.74, 6) is 1.64. The first-order chi connectivity index (χ1) is 8.70. The second-order valence-corrected chi connectivity index (χ2v) is 6.17. The van der Waals surface area contributed by atoms with E-state index in [4.69, 9.17) is 4.74 Å². The molecule has 1 N–H and O–H groups in total. The number of nitrogens with zero attached hydrogens (tertiary/aromatic N) is 2. The van der Waals surface area contributed by atoms with Gasteiger partial charge in [0.15, 0.2) is 5.13 Å². The van der Waals surface area contributed by atoms with Gasteiger partial charge in [0.25, 0.3) is 0 Å². The van der Waals surface area contributed by atoms with Crippen LogP contribution < -0.4 is 15.0 Å². The van der Waals surface area contributed by atoms with Crippen LogP contribution in [0.3, 0.4) is 0 Å². The average Bonchev–Trinajstić information content (AvgIpc) is 2.97. The maximum Gasteiger partial charge on any atom is 0.230 e. The molecule has 0 aromatic carbocycles. The van der Waals surface area contributed by atoms with Gasteiger partial charge in [-0.3, -0.25) is 0 Å². The second-order valence-electron chi connectivity index (χ2n) is 5.10. The van der Waals surface area contributed by atoms with Crippen molar-refractivity contribution in [1.82, 2.24) is 10.3 Å². The highest BCUT2D eigenvalue weighted by molar-refractivity contribution is 7.15. The van der Waals surface area contributed by atoms with Gasteiger partial charge in [-0.1, -0.05) is 24.2 Å². The minimum atomic E-state index is 0.766. The topological polar surface area (TPSA) is 37.4 Å². The first-order valence-corrected chi connectivity index (χ1v) is 7.44. The van der Waals surface area contributed by atoms with Gasteiger partial charge < -0.3 is 15.0 Å². The average molecular weight is 269 g/mol. The van der Waals surface area contributed by atoms with Gasteiger partial charge >= 0.3 is 0 Å². The molecule has 1 aromatic heterocycles. The summed E-state index contributed by atoms with van der Waals surface area (Å²) in [5, 5.41) is 4.55. The molecule has 5 heteroatoms. The predicted octanol–water partition coefficient (Wildman–Crippen LogP) is 2.50. The van der Waals surface area contributed by atoms with Gasteiger partial charge in [0.05, 0.1) is 12.0 Å². The number of nitrogens with one attached hydrogen (secondary N) is 1. The molecule has 1 heterocycles. The van der Waals surface area contributed by atoms with E-state index in [-0.39, 0.29) is 0 Å². The van der Waals surface area contributed by atoms with E-state index in [1.807, 2.05) is 19.0 Å². The third kappa shape index (κ3) is 3.36. The molecule has 0 radical (unpaired) electrons. The Bertz CT molecular complexity index is 372. The standard InChI is InChI=1S/C13H23N3OS/c1-16(2)13-15-12(17-3)11(18-13)9-14-8-10-6-4-5-7-10/h10,14H,4-9H2,1-3H3. The molecule has 4 nitrogen and oxygen atoms in total. The number of hydrogen-bond acceptors (Lipinski definition) is 5. The Morgan fingerprint density at radius 1 is 1.39 bits per heavy atom. The van der Waals surface area contributed by atoms with Crippen LogP contribution in [0.1, 0.15) is 30.6 Å². The zero-order valence-electron chi connectivity index (χ0n) is 11.5. The second kappa shape index (κ2) is 6.38. The molecule has 0 unspecified atom stereocenters. The molecule has 0 aliphatic heterocycles. The van der Waals surface area contributed by atoms with Gasteiger partial charge in [0.1, 0.15) is 0 Å². The van der Waals surface area contributed by atoms with Crippen molar-refractivity contribution in [2.45, 2.75) is 32.2 Å². The lowest BCUT2D eigenvalue weighted by molar-refractivity contribution is 0.393. The van der Waals surface area contributed by atoms with Gasteiger partial charge in [0.2, 0.25) is 5.88 Å². The fourth-order valence-corrected chi connectivity index (χ4v) is 3.31. The summed E-state index contributed by atoms with van der Waals surface area (Å²) < 4.78 is 5.33. The molecule has 2 rings (SSSR count). The molecule has 1 fully saturated rings. The number of methoxy groups -OCH3 is 1. The Labute approximate surface area is 113 Å². The van der Waals surface area contributed by atoms with Gasteiger partial charge in [-0.25, -0.2) is 0 Å². The molecule has 1 aromatic rings. The maximum atomic E-state index is 5.33. The van der Waals surface area contributed by atoms with Crippen LogP contribution in [0.15, 0.2) is 0 Å². The van der Waals surface area contributed by atoms with Crippen molar-refractivity contribution in [1.29, 1.82) is 0 Å². The summed E-state index contributed by atoms with van der Waals surface area (Å²) in [6, 6.07) is 0. The highest BCUT2D eigenvalue weighted by atomic mass is 32.1. The third-order valence-electron chi connectivity index (χ3n) is 3.42. The zero-order valence-corrected chi connectivity index (χ0v) is 12.3. The minimum absolute atomic E-state index is 0.766. The van der Waals surface area contributed by atoms with Crippen LogP contribution in [0, 0.1) is 5.92 Å². The summed E-state index contributed by atoms with van der Waals surface area (Å²) in [5.41, 5.74) is 0. The molecule has 0 spiro atoms. The van der Waals surface area contributed by atoms with E-state index < -0.39 is 0 Å². The molecule has 1 saturated carbocycles. The van der Waals surface area contributed by atoms with Crippen LogP contribution in [0.4, 0.5) is 5.13 Å². The monoisotopic (exact) mass is 269 g/mol. The van der Waals surface area contributed by atoms with Gasteiger partial charge in [-0.2, -0.15) is 4.98 Å². The van der Waals surface area contributed by atoms with Crippen molar-refractivity contribution in [3.8, 4) is 5.88 Å². The first-order valence-electron chi connectivity index (χ1n) is 6.62. The van der Waals surface area contributed by atoms with E-state index in [1.165, 1.54) is 30.6 Å². The van der Waals surface area contributed by atoms with Crippen LogP contribution in [-0.2, 0) is 6.54 Å². The molecule has 1 aliphatic rings. The van der Waals surface area contributed by atoms with Crippen molar-refractivity contribution in [3.63, 3.8) is 0 Å². The molecule has 0 amide bonds. The lowest BCUT2D eigenvalue weighted by atomic mass is 10.1. The van der Waals surface area contributed by atoms with Crippen LogP contribution >= 0.6 is 11.3 Å². The Kier molecular flexibility index (Phi) is 4.83. The molecule has 1 aliphatic carbocycles. The SMILES string of the molecule is COc1nc(N(C)C)sc1CNCC1CCCC1. The summed E-state index contributed by atoms with van der Waals surface area (Å²) in [6.07, 6.45) is 5.58. The third-order valence-corrected chi connectivity index (χ3v) is 4.62. The molecule has 0 bridgehead atoms. The summed E-state index contributed by atoms with van der Waals surface area (Å²) in [4.78, 5) is 7.68. The largest absolute Gasteiger partial charge is 0.480 e. The van der Waals surface area contributed by atoms with E-state index in [0.29, 0.717) is 0 Å². The number of ether oxygens (including phenoxy) is 1. The first kappa shape index (κ1) is 13.6. The molecular weight excluding hydrogens is 246 g/mol. The van der Waals surface area contributed by atoms with Gasteiger partial charge in [-0.05, 0) is 25.3 Å². The predicted molar refractivity (Wildman–Crippen MR) is 76.7 cm³/mol. The van der Waals surface area contributed by atoms with Crippen molar-refractivity contribution in [3.05, 3.63) is 4.88 Å². The lowest BCUT2D eigenvalue weighted by Gasteiger charge is -2.09. The number of hydrogen-bond donors (Lipinski definition) is 1. The van der Waals surface area contributed by atoms with Gasteiger partial charge in [0, 0.05) is 20.6 Å². The van der Waals surface area contributed by atoms with Crippen LogP contribution in [0.5, 0.6) is 5.88 Å². The Morgan fingerprint density at radius 2 is 2.11 bits per heavy atom. The highest BCUT2D eigenvalue weighted by Gasteiger charge is 2.16. The van der Waals surface area contributed by atoms with Crippen molar-refractivity contribution >= 4 is 16.5 Å². The van der Waals surface area contributed by atoms with E-state index >= 15 is 0 Å². The van der Waals surface area contributed by atoms with E-state index in [1.54, 1.807) is 18.4 Å². The fourth-order valence-electron chi connectivity index (χ4n) is 2.39. The van der Waals surface area contributed by atoms with Gasteiger partial charge in [-0.15, -0.1) is 0 Å². The smallest absolute Gasteiger partial charge is 0.230 e. The summed E-state index contributed by atoms with van der Waals surface area (Å²) >= 11 is 1.70. The minimum Gasteiger partial charge on any atom is -0.480 e. The zero-order chi connectivity index (χ0) is 13.0. The number of anilines is 1. The van der Waals surface area contributed by atoms with E-state index in [9.17, 15) is 0 Å². The lowest BCUT2D eigenvalue weighted by Crippen LogP contribution is -2.20. The fraction of sp³-hybridized carbons (Fsp3) is 0.769. The van der Waals surface area contributed by atoms with Crippen molar-refractivity contribution < 1.29 is 4.74 Å². The Hall–Kier alpha value is -0.810. The molecular formula is C13H23N3OS. The highest BCUT2D eigenvalue weighted by Crippen LogP contribution is 2.30. The van der Waals surface area contributed by atoms with Crippen LogP contribution in [0.2, 0.25) is 0 Å². The molecule has 0 atom stereocenters. The van der Waals surface area contributed by atoms with Crippen LogP contribution in [0.25, 0.3) is 0 Å². The Balaban J connectivity index is 1.87. The molecule has 0 saturated heterocycles. The number of aromatic nitrogens is 1. The summed E-state index contributed by atoms with van der Waals surface area (Å²) in [7, 11) is 5.71. The van der Waals surface area contributed by atoms with E-state index in [0.717, 1.165) is 30.0 Å². The summed E-state index contributed by atoms with van der Waals surface area (Å²) in [6.45, 7) is 1.99. The Morgan fingerprint density at radius 3 is 2.72 bits per heavy atom. The normalized spacial score (nSPS) is 16.2. The molecule has 102 valence electrons. The maximum absolute atomic E-state index is 5.33.